The minimum absolute atomic E-state index is 0.436. The third-order valence-corrected chi connectivity index (χ3v) is 16.4. The van der Waals surface area contributed by atoms with Gasteiger partial charge in [0.15, 0.2) is 8.07 Å². The molecule has 0 aliphatic heterocycles. The molecule has 0 saturated heterocycles. The summed E-state index contributed by atoms with van der Waals surface area (Å²) < 4.78 is 0. The standard InChI is InChI=1S/C35H46Si2/c1-22-17-33(36(10,11)12)21-34(18-22)37(31-15-13-23(2)25(4)19-31,32-16-14-24(3)26(5)20-32)35-29(8)27(6)28(7)30(35)9/h13-21,29H,1-12H3. The van der Waals surface area contributed by atoms with E-state index in [-0.39, 0.29) is 0 Å². The molecular weight excluding hydrogens is 477 g/mol. The van der Waals surface area contributed by atoms with Gasteiger partial charge in [0.2, 0.25) is 0 Å². The van der Waals surface area contributed by atoms with Crippen molar-refractivity contribution < 1.29 is 0 Å². The van der Waals surface area contributed by atoms with Crippen molar-refractivity contribution >= 4 is 36.9 Å². The first-order valence-electron chi connectivity index (χ1n) is 13.9. The Morgan fingerprint density at radius 1 is 0.514 bits per heavy atom. The van der Waals surface area contributed by atoms with Crippen LogP contribution in [-0.2, 0) is 0 Å². The fourth-order valence-corrected chi connectivity index (χ4v) is 13.6. The summed E-state index contributed by atoms with van der Waals surface area (Å²) in [5, 5.41) is 7.85. The highest BCUT2D eigenvalue weighted by molar-refractivity contribution is 7.16. The van der Waals surface area contributed by atoms with Gasteiger partial charge < -0.3 is 0 Å². The normalized spacial score (nSPS) is 16.7. The van der Waals surface area contributed by atoms with Crippen LogP contribution >= 0.6 is 0 Å². The predicted octanol–water partition coefficient (Wildman–Crippen LogP) is 7.09. The zero-order valence-corrected chi connectivity index (χ0v) is 27.3. The second-order valence-electron chi connectivity index (χ2n) is 12.8. The largest absolute Gasteiger partial charge is 0.176 e. The Labute approximate surface area is 228 Å². The first-order valence-corrected chi connectivity index (χ1v) is 19.4. The predicted molar refractivity (Wildman–Crippen MR) is 171 cm³/mol. The summed E-state index contributed by atoms with van der Waals surface area (Å²) in [6.07, 6.45) is 0. The summed E-state index contributed by atoms with van der Waals surface area (Å²) in [5.74, 6) is 0.436. The van der Waals surface area contributed by atoms with Gasteiger partial charge >= 0.3 is 0 Å². The molecule has 1 atom stereocenters. The van der Waals surface area contributed by atoms with Gasteiger partial charge in [0.05, 0.1) is 8.07 Å². The monoisotopic (exact) mass is 522 g/mol. The third-order valence-electron chi connectivity index (χ3n) is 9.30. The van der Waals surface area contributed by atoms with Crippen molar-refractivity contribution in [1.29, 1.82) is 0 Å². The van der Waals surface area contributed by atoms with Gasteiger partial charge in [-0.15, -0.1) is 0 Å². The number of hydrogen-bond acceptors (Lipinski definition) is 0. The van der Waals surface area contributed by atoms with Crippen LogP contribution in [0.3, 0.4) is 0 Å². The molecule has 3 aromatic rings. The Bertz CT molecular complexity index is 1390. The molecule has 194 valence electrons. The van der Waals surface area contributed by atoms with Crippen molar-refractivity contribution in [2.75, 3.05) is 0 Å². The molecule has 0 nitrogen and oxygen atoms in total. The Hall–Kier alpha value is -2.43. The van der Waals surface area contributed by atoms with Gasteiger partial charge in [0.25, 0.3) is 0 Å². The molecule has 1 unspecified atom stereocenters. The maximum Gasteiger partial charge on any atom is 0.176 e. The van der Waals surface area contributed by atoms with Gasteiger partial charge in [-0.3, -0.25) is 0 Å². The molecule has 0 amide bonds. The molecule has 0 saturated carbocycles. The maximum absolute atomic E-state index is 2.63. The average molecular weight is 523 g/mol. The van der Waals surface area contributed by atoms with Crippen molar-refractivity contribution in [3.8, 4) is 0 Å². The van der Waals surface area contributed by atoms with Gasteiger partial charge in [0.1, 0.15) is 0 Å². The van der Waals surface area contributed by atoms with Crippen molar-refractivity contribution in [3.05, 3.63) is 104 Å². The SMILES string of the molecule is CC1=C(C)C(C)C([Si](c2cc(C)cc([Si](C)(C)C)c2)(c2ccc(C)c(C)c2)c2ccc(C)c(C)c2)=C1C. The summed E-state index contributed by atoms with van der Waals surface area (Å²) in [7, 11) is -4.11. The zero-order chi connectivity index (χ0) is 27.4. The molecule has 0 radical (unpaired) electrons. The highest BCUT2D eigenvalue weighted by Gasteiger charge is 2.48. The van der Waals surface area contributed by atoms with Crippen LogP contribution in [-0.4, -0.2) is 16.1 Å². The first kappa shape index (κ1) is 27.6. The smallest absolute Gasteiger partial charge is 0.0656 e. The molecule has 2 heteroatoms. The molecule has 0 heterocycles. The lowest BCUT2D eigenvalue weighted by molar-refractivity contribution is 0.851. The van der Waals surface area contributed by atoms with Crippen molar-refractivity contribution in [1.82, 2.24) is 0 Å². The second kappa shape index (κ2) is 9.71. The summed E-state index contributed by atoms with van der Waals surface area (Å²) in [5.41, 5.74) is 11.5. The van der Waals surface area contributed by atoms with Crippen LogP contribution in [0.4, 0.5) is 0 Å². The number of aryl methyl sites for hydroxylation is 5. The van der Waals surface area contributed by atoms with Crippen molar-refractivity contribution in [3.63, 3.8) is 0 Å². The third kappa shape index (κ3) is 4.57. The zero-order valence-electron chi connectivity index (χ0n) is 25.3. The minimum Gasteiger partial charge on any atom is -0.0656 e. The molecular formula is C35H46Si2. The van der Waals surface area contributed by atoms with Crippen LogP contribution in [0.1, 0.15) is 55.5 Å². The lowest BCUT2D eigenvalue weighted by Gasteiger charge is -2.40. The quantitative estimate of drug-likeness (QED) is 0.248. The van der Waals surface area contributed by atoms with Crippen LogP contribution in [0.5, 0.6) is 0 Å². The Kier molecular flexibility index (Phi) is 7.24. The molecule has 3 aromatic carbocycles. The van der Waals surface area contributed by atoms with Gasteiger partial charge in [-0.05, 0) is 105 Å². The highest BCUT2D eigenvalue weighted by Crippen LogP contribution is 2.41. The number of benzene rings is 3. The van der Waals surface area contributed by atoms with Gasteiger partial charge in [-0.2, -0.15) is 0 Å². The van der Waals surface area contributed by atoms with E-state index in [1.54, 1.807) is 15.6 Å². The van der Waals surface area contributed by atoms with E-state index in [4.69, 9.17) is 0 Å². The molecule has 37 heavy (non-hydrogen) atoms. The number of allylic oxidation sites excluding steroid dienone is 4. The molecule has 0 N–H and O–H groups in total. The molecule has 0 fully saturated rings. The minimum atomic E-state index is -2.59. The number of rotatable bonds is 5. The van der Waals surface area contributed by atoms with E-state index in [1.807, 2.05) is 0 Å². The van der Waals surface area contributed by atoms with E-state index in [0.29, 0.717) is 5.92 Å². The van der Waals surface area contributed by atoms with Crippen molar-refractivity contribution in [2.45, 2.75) is 82.0 Å². The van der Waals surface area contributed by atoms with Crippen LogP contribution in [0.25, 0.3) is 0 Å². The molecule has 0 spiro atoms. The summed E-state index contributed by atoms with van der Waals surface area (Å²) in [6, 6.07) is 22.4. The second-order valence-corrected chi connectivity index (χ2v) is 21.6. The van der Waals surface area contributed by atoms with Crippen LogP contribution < -0.4 is 20.7 Å². The van der Waals surface area contributed by atoms with Gasteiger partial charge in [-0.1, -0.05) is 108 Å². The summed E-state index contributed by atoms with van der Waals surface area (Å²) in [4.78, 5) is 0. The number of hydrogen-bond donors (Lipinski definition) is 0. The average Bonchev–Trinajstić information content (AvgIpc) is 3.01. The first-order chi connectivity index (χ1) is 17.2. The Morgan fingerprint density at radius 3 is 1.41 bits per heavy atom. The van der Waals surface area contributed by atoms with Crippen LogP contribution in [0.15, 0.2) is 76.5 Å². The lowest BCUT2D eigenvalue weighted by atomic mass is 10.1. The fraction of sp³-hybridized carbons (Fsp3) is 0.371. The van der Waals surface area contributed by atoms with Gasteiger partial charge in [0, 0.05) is 0 Å². The topological polar surface area (TPSA) is 0 Å². The highest BCUT2D eigenvalue weighted by atomic mass is 28.3. The van der Waals surface area contributed by atoms with E-state index in [0.717, 1.165) is 0 Å². The Morgan fingerprint density at radius 2 is 1.00 bits per heavy atom. The van der Waals surface area contributed by atoms with E-state index >= 15 is 0 Å². The lowest BCUT2D eigenvalue weighted by Crippen LogP contribution is -2.70. The van der Waals surface area contributed by atoms with Crippen molar-refractivity contribution in [2.24, 2.45) is 5.92 Å². The van der Waals surface area contributed by atoms with E-state index < -0.39 is 16.1 Å². The van der Waals surface area contributed by atoms with E-state index in [1.165, 1.54) is 54.9 Å². The molecule has 1 aliphatic carbocycles. The van der Waals surface area contributed by atoms with E-state index in [9.17, 15) is 0 Å². The maximum atomic E-state index is 2.63. The van der Waals surface area contributed by atoms with Crippen LogP contribution in [0, 0.1) is 40.5 Å². The molecule has 0 aromatic heterocycles. The summed E-state index contributed by atoms with van der Waals surface area (Å²) >= 11 is 0. The summed E-state index contributed by atoms with van der Waals surface area (Å²) in [6.45, 7) is 28.4. The van der Waals surface area contributed by atoms with E-state index in [2.05, 4.69) is 137 Å². The van der Waals surface area contributed by atoms with Gasteiger partial charge in [-0.25, -0.2) is 0 Å². The molecule has 4 rings (SSSR count). The molecule has 1 aliphatic rings. The van der Waals surface area contributed by atoms with Crippen LogP contribution in [0.2, 0.25) is 19.6 Å². The Balaban J connectivity index is 2.27. The molecule has 0 bridgehead atoms. The fourth-order valence-electron chi connectivity index (χ4n) is 6.32.